The Morgan fingerprint density at radius 3 is 2.68 bits per heavy atom. The van der Waals surface area contributed by atoms with Gasteiger partial charge in [-0.25, -0.2) is 4.39 Å². The Morgan fingerprint density at radius 1 is 1.42 bits per heavy atom. The van der Waals surface area contributed by atoms with Crippen LogP contribution in [0.3, 0.4) is 0 Å². The first-order valence-corrected chi connectivity index (χ1v) is 6.37. The van der Waals surface area contributed by atoms with Gasteiger partial charge in [0.2, 0.25) is 0 Å². The minimum atomic E-state index is -0.827. The first-order valence-electron chi connectivity index (χ1n) is 6.37. The molecule has 1 atom stereocenters. The quantitative estimate of drug-likeness (QED) is 0.916. The van der Waals surface area contributed by atoms with Crippen LogP contribution < -0.4 is 0 Å². The third kappa shape index (κ3) is 2.48. The standard InChI is InChI=1S/C15H18FNO2/c1-9(2)11(7-14(18)19)12-8-17(3)15-10(12)5-4-6-13(15)16/h4-6,8-9,11H,7H2,1-3H3,(H,18,19). The van der Waals surface area contributed by atoms with Crippen molar-refractivity contribution >= 4 is 16.9 Å². The number of para-hydroxylation sites is 1. The van der Waals surface area contributed by atoms with Gasteiger partial charge in [-0.3, -0.25) is 4.79 Å². The zero-order valence-corrected chi connectivity index (χ0v) is 11.4. The van der Waals surface area contributed by atoms with Crippen molar-refractivity contribution < 1.29 is 14.3 Å². The number of aliphatic carboxylic acids is 1. The van der Waals surface area contributed by atoms with Crippen LogP contribution in [0.4, 0.5) is 4.39 Å². The second-order valence-electron chi connectivity index (χ2n) is 5.28. The molecule has 0 fully saturated rings. The highest BCUT2D eigenvalue weighted by molar-refractivity contribution is 5.85. The Labute approximate surface area is 111 Å². The number of nitrogens with zero attached hydrogens (tertiary/aromatic N) is 1. The number of aryl methyl sites for hydroxylation is 1. The summed E-state index contributed by atoms with van der Waals surface area (Å²) < 4.78 is 15.6. The van der Waals surface area contributed by atoms with E-state index in [-0.39, 0.29) is 24.1 Å². The van der Waals surface area contributed by atoms with E-state index in [1.54, 1.807) is 17.7 Å². The number of fused-ring (bicyclic) bond motifs is 1. The summed E-state index contributed by atoms with van der Waals surface area (Å²) in [6.07, 6.45) is 1.91. The maximum atomic E-state index is 13.9. The lowest BCUT2D eigenvalue weighted by Gasteiger charge is -2.18. The average molecular weight is 263 g/mol. The van der Waals surface area contributed by atoms with Crippen LogP contribution in [-0.2, 0) is 11.8 Å². The number of carbonyl (C=O) groups is 1. The number of benzene rings is 1. The molecule has 3 nitrogen and oxygen atoms in total. The van der Waals surface area contributed by atoms with Crippen LogP contribution in [0.2, 0.25) is 0 Å². The number of aromatic nitrogens is 1. The molecule has 2 rings (SSSR count). The van der Waals surface area contributed by atoms with Crippen LogP contribution in [0.15, 0.2) is 24.4 Å². The lowest BCUT2D eigenvalue weighted by Crippen LogP contribution is -2.11. The Hall–Kier alpha value is -1.84. The summed E-state index contributed by atoms with van der Waals surface area (Å²) in [6, 6.07) is 4.94. The van der Waals surface area contributed by atoms with Crippen molar-refractivity contribution in [1.82, 2.24) is 4.57 Å². The second-order valence-corrected chi connectivity index (χ2v) is 5.28. The molecule has 19 heavy (non-hydrogen) atoms. The van der Waals surface area contributed by atoms with Crippen LogP contribution >= 0.6 is 0 Å². The SMILES string of the molecule is CC(C)C(CC(=O)O)c1cn(C)c2c(F)cccc12. The van der Waals surface area contributed by atoms with Gasteiger partial charge in [-0.05, 0) is 23.5 Å². The van der Waals surface area contributed by atoms with Gasteiger partial charge >= 0.3 is 5.97 Å². The summed E-state index contributed by atoms with van der Waals surface area (Å²) in [5.74, 6) is -1.02. The molecular formula is C15H18FNO2. The summed E-state index contributed by atoms with van der Waals surface area (Å²) in [5.41, 5.74) is 1.45. The van der Waals surface area contributed by atoms with Gasteiger partial charge in [-0.1, -0.05) is 26.0 Å². The smallest absolute Gasteiger partial charge is 0.303 e. The molecule has 0 radical (unpaired) electrons. The maximum absolute atomic E-state index is 13.9. The van der Waals surface area contributed by atoms with Crippen molar-refractivity contribution in [2.24, 2.45) is 13.0 Å². The Morgan fingerprint density at radius 2 is 2.11 bits per heavy atom. The van der Waals surface area contributed by atoms with Gasteiger partial charge in [0.05, 0.1) is 11.9 Å². The molecular weight excluding hydrogens is 245 g/mol. The van der Waals surface area contributed by atoms with E-state index in [0.29, 0.717) is 5.52 Å². The molecule has 1 aromatic heterocycles. The van der Waals surface area contributed by atoms with Crippen molar-refractivity contribution in [2.75, 3.05) is 0 Å². The zero-order chi connectivity index (χ0) is 14.2. The van der Waals surface area contributed by atoms with E-state index < -0.39 is 5.97 Å². The summed E-state index contributed by atoms with van der Waals surface area (Å²) in [4.78, 5) is 11.0. The van der Waals surface area contributed by atoms with Gasteiger partial charge in [0, 0.05) is 18.6 Å². The highest BCUT2D eigenvalue weighted by atomic mass is 19.1. The van der Waals surface area contributed by atoms with Crippen molar-refractivity contribution in [1.29, 1.82) is 0 Å². The van der Waals surface area contributed by atoms with Crippen molar-refractivity contribution in [3.8, 4) is 0 Å². The Kier molecular flexibility index (Phi) is 3.60. The van der Waals surface area contributed by atoms with Crippen LogP contribution in [-0.4, -0.2) is 15.6 Å². The lowest BCUT2D eigenvalue weighted by atomic mass is 9.85. The molecule has 1 heterocycles. The molecule has 2 aromatic rings. The average Bonchev–Trinajstić information content (AvgIpc) is 2.64. The van der Waals surface area contributed by atoms with Crippen molar-refractivity contribution in [2.45, 2.75) is 26.2 Å². The summed E-state index contributed by atoms with van der Waals surface area (Å²) >= 11 is 0. The monoisotopic (exact) mass is 263 g/mol. The fourth-order valence-corrected chi connectivity index (χ4v) is 2.64. The van der Waals surface area contributed by atoms with E-state index >= 15 is 0 Å². The minimum Gasteiger partial charge on any atom is -0.481 e. The number of halogens is 1. The molecule has 0 aliphatic carbocycles. The first kappa shape index (κ1) is 13.6. The third-order valence-corrected chi connectivity index (χ3v) is 3.58. The number of hydrogen-bond donors (Lipinski definition) is 1. The third-order valence-electron chi connectivity index (χ3n) is 3.58. The number of carboxylic acid groups (broad SMARTS) is 1. The fourth-order valence-electron chi connectivity index (χ4n) is 2.64. The van der Waals surface area contributed by atoms with Crippen LogP contribution in [0.1, 0.15) is 31.7 Å². The number of rotatable bonds is 4. The van der Waals surface area contributed by atoms with Crippen LogP contribution in [0, 0.1) is 11.7 Å². The molecule has 102 valence electrons. The van der Waals surface area contributed by atoms with Gasteiger partial charge in [0.15, 0.2) is 0 Å². The highest BCUT2D eigenvalue weighted by Gasteiger charge is 2.23. The van der Waals surface area contributed by atoms with Gasteiger partial charge < -0.3 is 9.67 Å². The molecule has 1 N–H and O–H groups in total. The van der Waals surface area contributed by atoms with E-state index in [1.807, 2.05) is 26.1 Å². The van der Waals surface area contributed by atoms with E-state index in [2.05, 4.69) is 0 Å². The molecule has 4 heteroatoms. The van der Waals surface area contributed by atoms with E-state index in [0.717, 1.165) is 10.9 Å². The van der Waals surface area contributed by atoms with Crippen molar-refractivity contribution in [3.05, 3.63) is 35.8 Å². The highest BCUT2D eigenvalue weighted by Crippen LogP contribution is 2.35. The molecule has 0 aliphatic heterocycles. The largest absolute Gasteiger partial charge is 0.481 e. The predicted octanol–water partition coefficient (Wildman–Crippen LogP) is 3.53. The Balaban J connectivity index is 2.60. The first-order chi connectivity index (χ1) is 8.91. The van der Waals surface area contributed by atoms with Crippen molar-refractivity contribution in [3.63, 3.8) is 0 Å². The molecule has 0 bridgehead atoms. The molecule has 0 saturated carbocycles. The van der Waals surface area contributed by atoms with E-state index in [1.165, 1.54) is 6.07 Å². The molecule has 1 unspecified atom stereocenters. The lowest BCUT2D eigenvalue weighted by molar-refractivity contribution is -0.137. The van der Waals surface area contributed by atoms with Gasteiger partial charge in [-0.2, -0.15) is 0 Å². The van der Waals surface area contributed by atoms with E-state index in [4.69, 9.17) is 5.11 Å². The molecule has 0 amide bonds. The minimum absolute atomic E-state index is 0.0628. The van der Waals surface area contributed by atoms with Crippen LogP contribution in [0.5, 0.6) is 0 Å². The van der Waals surface area contributed by atoms with Gasteiger partial charge in [0.1, 0.15) is 5.82 Å². The van der Waals surface area contributed by atoms with Gasteiger partial charge in [-0.15, -0.1) is 0 Å². The normalized spacial score (nSPS) is 13.1. The zero-order valence-electron chi connectivity index (χ0n) is 11.4. The molecule has 1 aromatic carbocycles. The molecule has 0 aliphatic rings. The van der Waals surface area contributed by atoms with Crippen LogP contribution in [0.25, 0.3) is 10.9 Å². The maximum Gasteiger partial charge on any atom is 0.303 e. The summed E-state index contributed by atoms with van der Waals surface area (Å²) in [6.45, 7) is 3.98. The fraction of sp³-hybridized carbons (Fsp3) is 0.400. The second kappa shape index (κ2) is 5.03. The summed E-state index contributed by atoms with van der Waals surface area (Å²) in [7, 11) is 1.78. The molecule has 0 spiro atoms. The number of hydrogen-bond acceptors (Lipinski definition) is 1. The van der Waals surface area contributed by atoms with E-state index in [9.17, 15) is 9.18 Å². The molecule has 0 saturated heterocycles. The predicted molar refractivity (Wildman–Crippen MR) is 72.7 cm³/mol. The van der Waals surface area contributed by atoms with Gasteiger partial charge in [0.25, 0.3) is 0 Å². The number of carboxylic acids is 1. The Bertz CT molecular complexity index is 616. The summed E-state index contributed by atoms with van der Waals surface area (Å²) in [5, 5.41) is 9.85. The topological polar surface area (TPSA) is 42.2 Å².